The molecule has 0 aliphatic rings. The molecule has 1 heterocycles. The Morgan fingerprint density at radius 1 is 1.41 bits per heavy atom. The van der Waals surface area contributed by atoms with Crippen LogP contribution in [-0.2, 0) is 10.0 Å². The molecule has 1 aromatic heterocycles. The molecule has 0 amide bonds. The van der Waals surface area contributed by atoms with E-state index in [1.54, 1.807) is 12.1 Å². The average Bonchev–Trinajstić information content (AvgIpc) is 2.25. The molecule has 1 rings (SSSR count). The maximum absolute atomic E-state index is 10.8. The Morgan fingerprint density at radius 2 is 2.12 bits per heavy atom. The van der Waals surface area contributed by atoms with Gasteiger partial charge in [-0.3, -0.25) is 0 Å². The summed E-state index contributed by atoms with van der Waals surface area (Å²) in [5.41, 5.74) is 6.17. The number of methoxy groups -OCH3 is 1. The summed E-state index contributed by atoms with van der Waals surface area (Å²) in [6.45, 7) is 0.647. The van der Waals surface area contributed by atoms with Gasteiger partial charge in [0, 0.05) is 19.2 Å². The van der Waals surface area contributed by atoms with Crippen LogP contribution in [0.5, 0.6) is 5.88 Å². The molecule has 0 fully saturated rings. The molecule has 0 atom stereocenters. The topological polar surface area (TPSA) is 106 Å². The molecule has 0 saturated heterocycles. The van der Waals surface area contributed by atoms with Crippen molar-refractivity contribution in [3.05, 3.63) is 12.1 Å². The quantitative estimate of drug-likeness (QED) is 0.603. The number of hydrogen-bond acceptors (Lipinski definition) is 6. The SMILES string of the molecule is COc1ccc(N)c(NCCNS(C)(=O)=O)n1. The Bertz CT molecular complexity index is 475. The Labute approximate surface area is 100 Å². The van der Waals surface area contributed by atoms with Crippen molar-refractivity contribution in [1.29, 1.82) is 0 Å². The fourth-order valence-electron chi connectivity index (χ4n) is 1.12. The van der Waals surface area contributed by atoms with Gasteiger partial charge in [0.1, 0.15) is 0 Å². The number of nitrogens with zero attached hydrogens (tertiary/aromatic N) is 1. The predicted molar refractivity (Wildman–Crippen MR) is 66.5 cm³/mol. The molecular weight excluding hydrogens is 244 g/mol. The molecule has 1 aromatic rings. The van der Waals surface area contributed by atoms with Crippen molar-refractivity contribution in [3.63, 3.8) is 0 Å². The third kappa shape index (κ3) is 4.87. The van der Waals surface area contributed by atoms with Crippen LogP contribution < -0.4 is 20.5 Å². The number of ether oxygens (including phenoxy) is 1. The van der Waals surface area contributed by atoms with Crippen molar-refractivity contribution in [2.75, 3.05) is 37.5 Å². The van der Waals surface area contributed by atoms with Gasteiger partial charge in [0.2, 0.25) is 15.9 Å². The fourth-order valence-corrected chi connectivity index (χ4v) is 1.60. The monoisotopic (exact) mass is 260 g/mol. The lowest BCUT2D eigenvalue weighted by Crippen LogP contribution is -2.28. The first-order chi connectivity index (χ1) is 7.92. The summed E-state index contributed by atoms with van der Waals surface area (Å²) in [6, 6.07) is 3.31. The van der Waals surface area contributed by atoms with Crippen molar-refractivity contribution in [2.24, 2.45) is 0 Å². The molecule has 0 unspecified atom stereocenters. The molecule has 96 valence electrons. The molecule has 0 aliphatic heterocycles. The third-order valence-electron chi connectivity index (χ3n) is 1.89. The Morgan fingerprint density at radius 3 is 2.71 bits per heavy atom. The van der Waals surface area contributed by atoms with E-state index in [1.807, 2.05) is 0 Å². The molecule has 4 N–H and O–H groups in total. The van der Waals surface area contributed by atoms with Crippen LogP contribution in [0, 0.1) is 0 Å². The van der Waals surface area contributed by atoms with E-state index in [9.17, 15) is 8.42 Å². The normalized spacial score (nSPS) is 11.2. The molecule has 0 bridgehead atoms. The highest BCUT2D eigenvalue weighted by atomic mass is 32.2. The van der Waals surface area contributed by atoms with Crippen LogP contribution in [-0.4, -0.2) is 39.9 Å². The van der Waals surface area contributed by atoms with Crippen molar-refractivity contribution in [1.82, 2.24) is 9.71 Å². The molecule has 0 saturated carbocycles. The Balaban J connectivity index is 2.51. The number of nitrogen functional groups attached to an aromatic ring is 1. The van der Waals surface area contributed by atoms with E-state index in [1.165, 1.54) is 7.11 Å². The van der Waals surface area contributed by atoms with Crippen LogP contribution in [0.1, 0.15) is 0 Å². The third-order valence-corrected chi connectivity index (χ3v) is 2.62. The first-order valence-electron chi connectivity index (χ1n) is 4.91. The second-order valence-corrected chi connectivity index (χ2v) is 5.22. The van der Waals surface area contributed by atoms with E-state index >= 15 is 0 Å². The molecule has 0 spiro atoms. The van der Waals surface area contributed by atoms with Gasteiger partial charge in [0.05, 0.1) is 19.1 Å². The average molecular weight is 260 g/mol. The van der Waals surface area contributed by atoms with Crippen molar-refractivity contribution in [2.45, 2.75) is 0 Å². The Kier molecular flexibility index (Phi) is 4.53. The minimum Gasteiger partial charge on any atom is -0.481 e. The fraction of sp³-hybridized carbons (Fsp3) is 0.444. The minimum absolute atomic E-state index is 0.261. The number of nitrogens with one attached hydrogen (secondary N) is 2. The lowest BCUT2D eigenvalue weighted by Gasteiger charge is -2.09. The van der Waals surface area contributed by atoms with Gasteiger partial charge in [0.25, 0.3) is 0 Å². The van der Waals surface area contributed by atoms with Gasteiger partial charge >= 0.3 is 0 Å². The molecule has 8 heteroatoms. The summed E-state index contributed by atoms with van der Waals surface area (Å²) in [4.78, 5) is 4.09. The number of rotatable bonds is 6. The van der Waals surface area contributed by atoms with E-state index < -0.39 is 10.0 Å². The second kappa shape index (κ2) is 5.69. The number of aromatic nitrogens is 1. The van der Waals surface area contributed by atoms with Crippen LogP contribution in [0.2, 0.25) is 0 Å². The summed E-state index contributed by atoms with van der Waals surface area (Å²) in [5, 5.41) is 2.92. The van der Waals surface area contributed by atoms with Crippen molar-refractivity contribution in [3.8, 4) is 5.88 Å². The summed E-state index contributed by atoms with van der Waals surface area (Å²) in [7, 11) is -1.66. The maximum atomic E-state index is 10.8. The number of sulfonamides is 1. The largest absolute Gasteiger partial charge is 0.481 e. The van der Waals surface area contributed by atoms with Crippen LogP contribution in [0.15, 0.2) is 12.1 Å². The van der Waals surface area contributed by atoms with E-state index in [0.29, 0.717) is 23.9 Å². The van der Waals surface area contributed by atoms with Crippen LogP contribution >= 0.6 is 0 Å². The molecular formula is C9H16N4O3S. The van der Waals surface area contributed by atoms with Gasteiger partial charge in [-0.1, -0.05) is 0 Å². The zero-order valence-electron chi connectivity index (χ0n) is 9.73. The van der Waals surface area contributed by atoms with Gasteiger partial charge in [-0.2, -0.15) is 4.98 Å². The van der Waals surface area contributed by atoms with Gasteiger partial charge in [-0.25, -0.2) is 13.1 Å². The van der Waals surface area contributed by atoms with Crippen molar-refractivity contribution < 1.29 is 13.2 Å². The van der Waals surface area contributed by atoms with Gasteiger partial charge in [-0.05, 0) is 6.07 Å². The van der Waals surface area contributed by atoms with E-state index in [0.717, 1.165) is 6.26 Å². The molecule has 0 radical (unpaired) electrons. The van der Waals surface area contributed by atoms with Gasteiger partial charge in [-0.15, -0.1) is 0 Å². The van der Waals surface area contributed by atoms with Crippen LogP contribution in [0.4, 0.5) is 11.5 Å². The highest BCUT2D eigenvalue weighted by Crippen LogP contribution is 2.18. The smallest absolute Gasteiger partial charge is 0.215 e. The standard InChI is InChI=1S/C9H16N4O3S/c1-16-8-4-3-7(10)9(13-8)11-5-6-12-17(2,14)15/h3-4,12H,5-6,10H2,1-2H3,(H,11,13). The predicted octanol–water partition coefficient (Wildman–Crippen LogP) is -0.366. The first kappa shape index (κ1) is 13.5. The van der Waals surface area contributed by atoms with E-state index in [4.69, 9.17) is 10.5 Å². The molecule has 17 heavy (non-hydrogen) atoms. The number of hydrogen-bond donors (Lipinski definition) is 3. The zero-order chi connectivity index (χ0) is 12.9. The van der Waals surface area contributed by atoms with Crippen LogP contribution in [0.25, 0.3) is 0 Å². The summed E-state index contributed by atoms with van der Waals surface area (Å²) < 4.78 is 28.9. The molecule has 0 aromatic carbocycles. The molecule has 0 aliphatic carbocycles. The van der Waals surface area contributed by atoms with E-state index in [-0.39, 0.29) is 6.54 Å². The summed E-state index contributed by atoms with van der Waals surface area (Å²) in [6.07, 6.45) is 1.10. The lowest BCUT2D eigenvalue weighted by molar-refractivity contribution is 0.398. The summed E-state index contributed by atoms with van der Waals surface area (Å²) in [5.74, 6) is 0.914. The second-order valence-electron chi connectivity index (χ2n) is 3.38. The zero-order valence-corrected chi connectivity index (χ0v) is 10.5. The Hall–Kier alpha value is -1.54. The van der Waals surface area contributed by atoms with Gasteiger partial charge < -0.3 is 15.8 Å². The number of nitrogens with two attached hydrogens (primary N) is 1. The van der Waals surface area contributed by atoms with Crippen LogP contribution in [0.3, 0.4) is 0 Å². The minimum atomic E-state index is -3.17. The maximum Gasteiger partial charge on any atom is 0.215 e. The summed E-state index contributed by atoms with van der Waals surface area (Å²) >= 11 is 0. The highest BCUT2D eigenvalue weighted by Gasteiger charge is 2.03. The highest BCUT2D eigenvalue weighted by molar-refractivity contribution is 7.88. The van der Waals surface area contributed by atoms with E-state index in [2.05, 4.69) is 15.0 Å². The number of anilines is 2. The number of pyridine rings is 1. The lowest BCUT2D eigenvalue weighted by atomic mass is 10.4. The van der Waals surface area contributed by atoms with Crippen molar-refractivity contribution >= 4 is 21.5 Å². The van der Waals surface area contributed by atoms with Gasteiger partial charge in [0.15, 0.2) is 5.82 Å². The molecule has 7 nitrogen and oxygen atoms in total. The first-order valence-corrected chi connectivity index (χ1v) is 6.80.